The summed E-state index contributed by atoms with van der Waals surface area (Å²) in [6, 6.07) is 10.9. The van der Waals surface area contributed by atoms with Crippen LogP contribution in [0.15, 0.2) is 51.9 Å². The summed E-state index contributed by atoms with van der Waals surface area (Å²) < 4.78 is 38.9. The van der Waals surface area contributed by atoms with Crippen molar-refractivity contribution in [2.24, 2.45) is 0 Å². The minimum atomic E-state index is -4.53. The molecule has 36 heavy (non-hydrogen) atoms. The van der Waals surface area contributed by atoms with Crippen molar-refractivity contribution in [3.8, 4) is 0 Å². The molecule has 0 saturated carbocycles. The van der Waals surface area contributed by atoms with E-state index in [0.29, 0.717) is 0 Å². The summed E-state index contributed by atoms with van der Waals surface area (Å²) in [5, 5.41) is 11.4. The van der Waals surface area contributed by atoms with E-state index in [1.54, 1.807) is 11.8 Å². The van der Waals surface area contributed by atoms with E-state index in [4.69, 9.17) is 0 Å². The third-order valence-corrected chi connectivity index (χ3v) is 10.6. The van der Waals surface area contributed by atoms with Gasteiger partial charge >= 0.3 is 225 Å². The molecule has 0 saturated heterocycles. The number of β-amino-alcohol motifs (C(OH)–C–C–N with tert-alkyl or cyclic N) is 1. The number of nitrogens with zero attached hydrogens (tertiary/aromatic N) is 2. The molecule has 0 bridgehead atoms. The summed E-state index contributed by atoms with van der Waals surface area (Å²) >= 11 is 1.83. The topological polar surface area (TPSA) is 84.5 Å². The zero-order valence-electron chi connectivity index (χ0n) is 21.2. The van der Waals surface area contributed by atoms with E-state index in [-0.39, 0.29) is 21.0 Å². The molecule has 1 aromatic heterocycles. The number of anilines is 1. The van der Waals surface area contributed by atoms with Crippen molar-refractivity contribution in [1.29, 1.82) is 0 Å². The molecule has 3 aromatic rings. The first-order valence-electron chi connectivity index (χ1n) is 12.0. The second-order valence-electron chi connectivity index (χ2n) is 9.21. The molecule has 1 unspecified atom stereocenters. The van der Waals surface area contributed by atoms with Crippen molar-refractivity contribution >= 4 is 57.9 Å². The van der Waals surface area contributed by atoms with Gasteiger partial charge in [-0.15, -0.1) is 0 Å². The number of allylic oxidation sites excluding steroid dienone is 2. The fourth-order valence-corrected chi connectivity index (χ4v) is 8.64. The first-order chi connectivity index (χ1) is 17.0. The predicted molar refractivity (Wildman–Crippen MR) is 148 cm³/mol. The fraction of sp³-hybridized carbons (Fsp3) is 0.370. The van der Waals surface area contributed by atoms with Crippen LogP contribution in [0.5, 0.6) is 0 Å². The van der Waals surface area contributed by atoms with Gasteiger partial charge in [0.2, 0.25) is 0 Å². The van der Waals surface area contributed by atoms with Gasteiger partial charge in [0.1, 0.15) is 0 Å². The Balaban J connectivity index is 1.75. The van der Waals surface area contributed by atoms with E-state index >= 15 is 0 Å². The Morgan fingerprint density at radius 1 is 1.19 bits per heavy atom. The molecule has 9 heteroatoms. The molecule has 0 aliphatic carbocycles. The van der Waals surface area contributed by atoms with Crippen LogP contribution >= 0.6 is 11.8 Å². The van der Waals surface area contributed by atoms with Crippen LogP contribution < -0.4 is 9.47 Å². The molecule has 0 amide bonds. The van der Waals surface area contributed by atoms with Crippen molar-refractivity contribution < 1.29 is 22.6 Å². The first kappa shape index (κ1) is 27.2. The van der Waals surface area contributed by atoms with Gasteiger partial charge in [0.05, 0.1) is 0 Å². The van der Waals surface area contributed by atoms with Crippen LogP contribution in [0.1, 0.15) is 41.5 Å². The molecule has 1 aliphatic rings. The van der Waals surface area contributed by atoms with Gasteiger partial charge in [0.15, 0.2) is 0 Å². The average Bonchev–Trinajstić information content (AvgIpc) is 3.29. The Hall–Kier alpha value is -1.87. The SMILES string of the molecule is CCC(/C=C1\Sc2cc(C)c(C)cc2N1CC(O)CS(=O)(=O)[O-])=C\c1[se]c2ccc(C)cc2[n+]1CC. The number of aliphatic hydroxyl groups is 1. The molecule has 4 rings (SSSR count). The molecule has 0 radical (unpaired) electrons. The molecule has 2 aromatic carbocycles. The van der Waals surface area contributed by atoms with Crippen LogP contribution in [0.2, 0.25) is 0 Å². The zero-order valence-corrected chi connectivity index (χ0v) is 24.6. The normalized spacial score (nSPS) is 16.2. The fourth-order valence-electron chi connectivity index (χ4n) is 4.36. The molecule has 0 fully saturated rings. The second-order valence-corrected chi connectivity index (χ2v) is 13.9. The maximum atomic E-state index is 11.3. The number of aromatic nitrogens is 1. The Morgan fingerprint density at radius 3 is 2.58 bits per heavy atom. The summed E-state index contributed by atoms with van der Waals surface area (Å²) in [5.41, 5.74) is 6.94. The molecule has 1 atom stereocenters. The Morgan fingerprint density at radius 2 is 1.92 bits per heavy atom. The quantitative estimate of drug-likeness (QED) is 0.239. The van der Waals surface area contributed by atoms with Crippen LogP contribution in [-0.2, 0) is 16.7 Å². The predicted octanol–water partition coefficient (Wildman–Crippen LogP) is 4.28. The van der Waals surface area contributed by atoms with E-state index in [1.165, 1.54) is 25.5 Å². The Labute approximate surface area is 223 Å². The number of fused-ring (bicyclic) bond motifs is 2. The number of benzene rings is 2. The van der Waals surface area contributed by atoms with Gasteiger partial charge in [-0.05, 0) is 0 Å². The number of thioether (sulfide) groups is 1. The molecular formula is C27H32N2O4S2Se. The van der Waals surface area contributed by atoms with Crippen LogP contribution in [0.3, 0.4) is 0 Å². The van der Waals surface area contributed by atoms with Crippen molar-refractivity contribution in [3.05, 3.63) is 68.3 Å². The van der Waals surface area contributed by atoms with Gasteiger partial charge in [0, 0.05) is 0 Å². The standard InChI is InChI=1S/C27H32N2O4S2Se/c1-6-20(14-27-28(7-2)23-10-17(3)8-9-25(23)36-27)13-26-29(15-21(30)16-35(31,32)33)22-11-18(4)19(5)12-24(22)34-26/h8-14,21,30H,6-7,15-16H2,1-5H3. The molecule has 0 spiro atoms. The molecule has 1 aliphatic heterocycles. The molecule has 6 nitrogen and oxygen atoms in total. The third-order valence-electron chi connectivity index (χ3n) is 6.36. The Kier molecular flexibility index (Phi) is 8.19. The van der Waals surface area contributed by atoms with Crippen LogP contribution in [0.25, 0.3) is 15.9 Å². The van der Waals surface area contributed by atoms with Crippen molar-refractivity contribution in [2.45, 2.75) is 58.6 Å². The van der Waals surface area contributed by atoms with E-state index in [0.717, 1.165) is 39.7 Å². The minimum absolute atomic E-state index is 0.0408. The van der Waals surface area contributed by atoms with Crippen LogP contribution in [0, 0.1) is 20.8 Å². The number of hydrogen-bond donors (Lipinski definition) is 1. The van der Waals surface area contributed by atoms with Gasteiger partial charge in [-0.25, -0.2) is 0 Å². The van der Waals surface area contributed by atoms with Crippen molar-refractivity contribution in [2.75, 3.05) is 17.2 Å². The molecule has 192 valence electrons. The van der Waals surface area contributed by atoms with Crippen LogP contribution in [0.4, 0.5) is 5.69 Å². The van der Waals surface area contributed by atoms with E-state index < -0.39 is 22.0 Å². The summed E-state index contributed by atoms with van der Waals surface area (Å²) in [6.45, 7) is 11.5. The van der Waals surface area contributed by atoms with Gasteiger partial charge in [-0.1, -0.05) is 0 Å². The zero-order chi connectivity index (χ0) is 26.2. The van der Waals surface area contributed by atoms with Gasteiger partial charge < -0.3 is 0 Å². The van der Waals surface area contributed by atoms with Crippen molar-refractivity contribution in [3.63, 3.8) is 0 Å². The average molecular weight is 592 g/mol. The third kappa shape index (κ3) is 5.98. The summed E-state index contributed by atoms with van der Waals surface area (Å²) in [4.78, 5) is 3.01. The number of aryl methyl sites for hydroxylation is 4. The van der Waals surface area contributed by atoms with Gasteiger partial charge in [0.25, 0.3) is 0 Å². The van der Waals surface area contributed by atoms with E-state index in [1.807, 2.05) is 11.8 Å². The summed E-state index contributed by atoms with van der Waals surface area (Å²) in [7, 11) is -4.53. The number of hydrogen-bond acceptors (Lipinski definition) is 6. The molecule has 1 N–H and O–H groups in total. The Bertz CT molecular complexity index is 1470. The monoisotopic (exact) mass is 592 g/mol. The summed E-state index contributed by atoms with van der Waals surface area (Å²) in [6.07, 6.45) is 3.97. The van der Waals surface area contributed by atoms with Crippen molar-refractivity contribution in [1.82, 2.24) is 0 Å². The second kappa shape index (κ2) is 10.9. The molecular weight excluding hydrogens is 559 g/mol. The maximum absolute atomic E-state index is 11.3. The van der Waals surface area contributed by atoms with Gasteiger partial charge in [-0.2, -0.15) is 0 Å². The van der Waals surface area contributed by atoms with E-state index in [9.17, 15) is 18.1 Å². The number of rotatable bonds is 8. The number of aliphatic hydroxyl groups excluding tert-OH is 1. The summed E-state index contributed by atoms with van der Waals surface area (Å²) in [5.74, 6) is -0.804. The van der Waals surface area contributed by atoms with E-state index in [2.05, 4.69) is 74.7 Å². The molecule has 2 heterocycles. The van der Waals surface area contributed by atoms with Crippen LogP contribution in [-0.4, -0.2) is 51.0 Å². The van der Waals surface area contributed by atoms with Gasteiger partial charge in [-0.3, -0.25) is 0 Å². The first-order valence-corrected chi connectivity index (χ1v) is 16.1.